The Morgan fingerprint density at radius 1 is 1.37 bits per heavy atom. The van der Waals surface area contributed by atoms with Crippen molar-refractivity contribution in [3.63, 3.8) is 0 Å². The largest absolute Gasteiger partial charge is 0.487 e. The molecule has 102 valence electrons. The Labute approximate surface area is 112 Å². The zero-order chi connectivity index (χ0) is 14.0. The summed E-state index contributed by atoms with van der Waals surface area (Å²) in [6.07, 6.45) is 1.73. The lowest BCUT2D eigenvalue weighted by atomic mass is 9.92. The van der Waals surface area contributed by atoms with Gasteiger partial charge in [-0.2, -0.15) is 0 Å². The minimum absolute atomic E-state index is 0.186. The van der Waals surface area contributed by atoms with E-state index in [1.165, 1.54) is 0 Å². The van der Waals surface area contributed by atoms with Crippen LogP contribution in [0.25, 0.3) is 0 Å². The second kappa shape index (κ2) is 5.03. The van der Waals surface area contributed by atoms with Crippen molar-refractivity contribution in [2.24, 2.45) is 0 Å². The molecule has 0 aromatic heterocycles. The first-order valence-corrected chi connectivity index (χ1v) is 6.47. The molecule has 1 heterocycles. The first-order chi connectivity index (χ1) is 8.94. The zero-order valence-corrected chi connectivity index (χ0v) is 11.5. The summed E-state index contributed by atoms with van der Waals surface area (Å²) in [7, 11) is 0. The molecule has 0 spiro atoms. The maximum absolute atomic E-state index is 12.1. The lowest BCUT2D eigenvalue weighted by Gasteiger charge is -2.33. The Hall–Kier alpha value is -1.84. The molecule has 4 heteroatoms. The van der Waals surface area contributed by atoms with Crippen LogP contribution in [0.5, 0.6) is 5.75 Å². The van der Waals surface area contributed by atoms with Gasteiger partial charge in [-0.15, -0.1) is 0 Å². The SMILES string of the molecule is CCOC(=O)C(=O)c1cccc2c1OC(C)(C)CC2. The van der Waals surface area contributed by atoms with Crippen molar-refractivity contribution in [1.82, 2.24) is 0 Å². The molecule has 1 aromatic rings. The molecule has 0 radical (unpaired) electrons. The van der Waals surface area contributed by atoms with Crippen molar-refractivity contribution in [2.45, 2.75) is 39.2 Å². The number of carbonyl (C=O) groups is 2. The Bertz CT molecular complexity index is 517. The highest BCUT2D eigenvalue weighted by Gasteiger charge is 2.31. The monoisotopic (exact) mass is 262 g/mol. The number of carbonyl (C=O) groups excluding carboxylic acids is 2. The van der Waals surface area contributed by atoms with E-state index < -0.39 is 11.8 Å². The first kappa shape index (κ1) is 13.6. The molecule has 0 fully saturated rings. The third-order valence-corrected chi connectivity index (χ3v) is 3.18. The van der Waals surface area contributed by atoms with Crippen LogP contribution in [0, 0.1) is 0 Å². The van der Waals surface area contributed by atoms with Gasteiger partial charge in [0.25, 0.3) is 5.78 Å². The molecule has 1 aliphatic rings. The van der Waals surface area contributed by atoms with Crippen molar-refractivity contribution in [2.75, 3.05) is 6.61 Å². The van der Waals surface area contributed by atoms with Gasteiger partial charge in [-0.05, 0) is 45.2 Å². The number of rotatable bonds is 3. The van der Waals surface area contributed by atoms with Gasteiger partial charge in [0.2, 0.25) is 0 Å². The molecule has 1 aromatic carbocycles. The molecule has 0 N–H and O–H groups in total. The highest BCUT2D eigenvalue weighted by molar-refractivity contribution is 6.41. The normalized spacial score (nSPS) is 16.2. The number of fused-ring (bicyclic) bond motifs is 1. The van der Waals surface area contributed by atoms with Crippen LogP contribution in [0.3, 0.4) is 0 Å². The number of esters is 1. The van der Waals surface area contributed by atoms with E-state index in [0.29, 0.717) is 11.3 Å². The fourth-order valence-electron chi connectivity index (χ4n) is 2.15. The van der Waals surface area contributed by atoms with Gasteiger partial charge in [-0.3, -0.25) is 4.79 Å². The Balaban J connectivity index is 2.38. The van der Waals surface area contributed by atoms with E-state index in [1.807, 2.05) is 19.9 Å². The van der Waals surface area contributed by atoms with Gasteiger partial charge in [-0.25, -0.2) is 4.79 Å². The summed E-state index contributed by atoms with van der Waals surface area (Å²) in [5.41, 5.74) is 0.941. The van der Waals surface area contributed by atoms with Gasteiger partial charge in [0, 0.05) is 0 Å². The van der Waals surface area contributed by atoms with Gasteiger partial charge in [0.1, 0.15) is 11.4 Å². The summed E-state index contributed by atoms with van der Waals surface area (Å²) in [5.74, 6) is -0.948. The van der Waals surface area contributed by atoms with E-state index in [1.54, 1.807) is 19.1 Å². The average Bonchev–Trinajstić information content (AvgIpc) is 2.36. The maximum Gasteiger partial charge on any atom is 0.379 e. The smallest absolute Gasteiger partial charge is 0.379 e. The third-order valence-electron chi connectivity index (χ3n) is 3.18. The summed E-state index contributed by atoms with van der Waals surface area (Å²) in [6, 6.07) is 5.30. The summed E-state index contributed by atoms with van der Waals surface area (Å²) in [6.45, 7) is 5.81. The van der Waals surface area contributed by atoms with Crippen LogP contribution in [-0.4, -0.2) is 24.0 Å². The van der Waals surface area contributed by atoms with Crippen LogP contribution in [0.1, 0.15) is 43.1 Å². The third kappa shape index (κ3) is 2.78. The second-order valence-corrected chi connectivity index (χ2v) is 5.21. The number of ether oxygens (including phenoxy) is 2. The Morgan fingerprint density at radius 3 is 2.79 bits per heavy atom. The molecule has 0 saturated carbocycles. The zero-order valence-electron chi connectivity index (χ0n) is 11.5. The van der Waals surface area contributed by atoms with Gasteiger partial charge in [0.05, 0.1) is 12.2 Å². The van der Waals surface area contributed by atoms with Gasteiger partial charge in [-0.1, -0.05) is 12.1 Å². The molecular weight excluding hydrogens is 244 g/mol. The van der Waals surface area contributed by atoms with Crippen LogP contribution >= 0.6 is 0 Å². The highest BCUT2D eigenvalue weighted by atomic mass is 16.5. The lowest BCUT2D eigenvalue weighted by Crippen LogP contribution is -2.34. The number of hydrogen-bond donors (Lipinski definition) is 0. The first-order valence-electron chi connectivity index (χ1n) is 6.47. The quantitative estimate of drug-likeness (QED) is 0.477. The molecular formula is C15H18O4. The minimum Gasteiger partial charge on any atom is -0.487 e. The van der Waals surface area contributed by atoms with Crippen LogP contribution in [0.15, 0.2) is 18.2 Å². The van der Waals surface area contributed by atoms with Gasteiger partial charge >= 0.3 is 5.97 Å². The van der Waals surface area contributed by atoms with E-state index in [9.17, 15) is 9.59 Å². The van der Waals surface area contributed by atoms with Gasteiger partial charge in [0.15, 0.2) is 0 Å². The van der Waals surface area contributed by atoms with E-state index in [2.05, 4.69) is 0 Å². The minimum atomic E-state index is -0.831. The predicted octanol–water partition coefficient (Wildman–Crippen LogP) is 2.54. The topological polar surface area (TPSA) is 52.6 Å². The van der Waals surface area contributed by atoms with Crippen LogP contribution < -0.4 is 4.74 Å². The highest BCUT2D eigenvalue weighted by Crippen LogP contribution is 2.36. The van der Waals surface area contributed by atoms with E-state index in [4.69, 9.17) is 9.47 Å². The standard InChI is InChI=1S/C15H18O4/c1-4-18-14(17)12(16)11-7-5-6-10-8-9-15(2,3)19-13(10)11/h5-7H,4,8-9H2,1-3H3. The van der Waals surface area contributed by atoms with Gasteiger partial charge < -0.3 is 9.47 Å². The number of benzene rings is 1. The van der Waals surface area contributed by atoms with Crippen molar-refractivity contribution < 1.29 is 19.1 Å². The van der Waals surface area contributed by atoms with Crippen molar-refractivity contribution >= 4 is 11.8 Å². The summed E-state index contributed by atoms with van der Waals surface area (Å²) >= 11 is 0. The van der Waals surface area contributed by atoms with Crippen molar-refractivity contribution in [1.29, 1.82) is 0 Å². The average molecular weight is 262 g/mol. The van der Waals surface area contributed by atoms with E-state index in [0.717, 1.165) is 18.4 Å². The van der Waals surface area contributed by atoms with E-state index >= 15 is 0 Å². The summed E-state index contributed by atoms with van der Waals surface area (Å²) in [4.78, 5) is 23.6. The molecule has 4 nitrogen and oxygen atoms in total. The Morgan fingerprint density at radius 2 is 2.11 bits per heavy atom. The summed E-state index contributed by atoms with van der Waals surface area (Å²) in [5, 5.41) is 0. The number of hydrogen-bond acceptors (Lipinski definition) is 4. The maximum atomic E-state index is 12.1. The fraction of sp³-hybridized carbons (Fsp3) is 0.467. The predicted molar refractivity (Wildman–Crippen MR) is 70.4 cm³/mol. The molecule has 0 bridgehead atoms. The fourth-order valence-corrected chi connectivity index (χ4v) is 2.15. The van der Waals surface area contributed by atoms with Crippen LogP contribution in [0.2, 0.25) is 0 Å². The van der Waals surface area contributed by atoms with E-state index in [-0.39, 0.29) is 12.2 Å². The molecule has 0 amide bonds. The molecule has 19 heavy (non-hydrogen) atoms. The molecule has 2 rings (SSSR count). The number of ketones is 1. The summed E-state index contributed by atoms with van der Waals surface area (Å²) < 4.78 is 10.6. The number of Topliss-reactive ketones (excluding diaryl/α,β-unsaturated/α-hetero) is 1. The molecule has 0 aliphatic carbocycles. The number of para-hydroxylation sites is 1. The van der Waals surface area contributed by atoms with Crippen molar-refractivity contribution in [3.05, 3.63) is 29.3 Å². The molecule has 0 atom stereocenters. The molecule has 0 unspecified atom stereocenters. The lowest BCUT2D eigenvalue weighted by molar-refractivity contribution is -0.137. The Kier molecular flexibility index (Phi) is 3.60. The number of aryl methyl sites for hydroxylation is 1. The van der Waals surface area contributed by atoms with Crippen LogP contribution in [0.4, 0.5) is 0 Å². The van der Waals surface area contributed by atoms with Crippen LogP contribution in [-0.2, 0) is 16.0 Å². The molecule has 1 aliphatic heterocycles. The van der Waals surface area contributed by atoms with Crippen molar-refractivity contribution in [3.8, 4) is 5.75 Å². The second-order valence-electron chi connectivity index (χ2n) is 5.21. The molecule has 0 saturated heterocycles.